The number of carboxylic acid groups (broad SMARTS) is 1. The zero-order valence-electron chi connectivity index (χ0n) is 12.3. The van der Waals surface area contributed by atoms with E-state index in [0.717, 1.165) is 0 Å². The summed E-state index contributed by atoms with van der Waals surface area (Å²) in [6.07, 6.45) is 3.34. The van der Waals surface area contributed by atoms with Gasteiger partial charge in [-0.1, -0.05) is 6.07 Å². The number of rotatable bonds is 7. The van der Waals surface area contributed by atoms with Gasteiger partial charge in [-0.25, -0.2) is 4.98 Å². The van der Waals surface area contributed by atoms with Crippen molar-refractivity contribution in [3.8, 4) is 5.75 Å². The number of ketones is 1. The van der Waals surface area contributed by atoms with Crippen molar-refractivity contribution in [1.29, 1.82) is 0 Å². The van der Waals surface area contributed by atoms with Crippen LogP contribution < -0.4 is 11.5 Å². The molecule has 2 rings (SSSR count). The Morgan fingerprint density at radius 2 is 1.96 bits per heavy atom. The number of phenols is 1. The standard InChI is InChI=1S/C15H18N4O4/c16-11(5-9-6-18-7-19-9)14(21)10-3-8(1-2-13(10)20)4-12(17)15(22)23/h1-3,6-7,11-12,20H,4-5,16-17H2,(H,18,19)(H,22,23)/t11-,12-/m0/s1. The van der Waals surface area contributed by atoms with Gasteiger partial charge in [0.25, 0.3) is 0 Å². The number of carbonyl (C=O) groups is 2. The van der Waals surface area contributed by atoms with Crippen molar-refractivity contribution in [2.75, 3.05) is 0 Å². The third kappa shape index (κ3) is 4.15. The highest BCUT2D eigenvalue weighted by molar-refractivity contribution is 6.02. The van der Waals surface area contributed by atoms with Crippen molar-refractivity contribution in [1.82, 2.24) is 9.97 Å². The summed E-state index contributed by atoms with van der Waals surface area (Å²) in [6.45, 7) is 0. The fourth-order valence-electron chi connectivity index (χ4n) is 2.17. The molecule has 2 aromatic rings. The second kappa shape index (κ2) is 7.03. The first kappa shape index (κ1) is 16.7. The number of nitrogens with one attached hydrogen (secondary N) is 1. The molecule has 0 bridgehead atoms. The zero-order chi connectivity index (χ0) is 17.0. The Morgan fingerprint density at radius 3 is 2.57 bits per heavy atom. The summed E-state index contributed by atoms with van der Waals surface area (Å²) in [7, 11) is 0. The maximum absolute atomic E-state index is 12.4. The first-order chi connectivity index (χ1) is 10.9. The molecule has 0 spiro atoms. The van der Waals surface area contributed by atoms with Gasteiger partial charge in [0.15, 0.2) is 5.78 Å². The molecule has 0 aliphatic carbocycles. The van der Waals surface area contributed by atoms with Crippen LogP contribution in [0.2, 0.25) is 0 Å². The topological polar surface area (TPSA) is 155 Å². The predicted octanol–water partition coefficient (Wildman–Crippen LogP) is -0.178. The summed E-state index contributed by atoms with van der Waals surface area (Å²) in [6, 6.07) is 2.34. The number of aromatic amines is 1. The molecule has 0 radical (unpaired) electrons. The lowest BCUT2D eigenvalue weighted by Crippen LogP contribution is -2.34. The number of benzene rings is 1. The molecular formula is C15H18N4O4. The predicted molar refractivity (Wildman–Crippen MR) is 82.0 cm³/mol. The van der Waals surface area contributed by atoms with Gasteiger partial charge in [0.1, 0.15) is 11.8 Å². The molecule has 0 aliphatic heterocycles. The van der Waals surface area contributed by atoms with Crippen molar-refractivity contribution in [2.45, 2.75) is 24.9 Å². The number of hydrogen-bond donors (Lipinski definition) is 5. The number of Topliss-reactive ketones (excluding diaryl/α,β-unsaturated/α-hetero) is 1. The van der Waals surface area contributed by atoms with Crippen LogP contribution in [0.15, 0.2) is 30.7 Å². The van der Waals surface area contributed by atoms with Crippen molar-refractivity contribution in [3.63, 3.8) is 0 Å². The van der Waals surface area contributed by atoms with Gasteiger partial charge in [-0.3, -0.25) is 9.59 Å². The number of aromatic nitrogens is 2. The number of nitrogens with two attached hydrogens (primary N) is 2. The smallest absolute Gasteiger partial charge is 0.320 e. The number of aliphatic carboxylic acids is 1. The molecule has 0 fully saturated rings. The van der Waals surface area contributed by atoms with E-state index < -0.39 is 23.8 Å². The van der Waals surface area contributed by atoms with E-state index >= 15 is 0 Å². The Balaban J connectivity index is 2.17. The fraction of sp³-hybridized carbons (Fsp3) is 0.267. The third-order valence-corrected chi connectivity index (χ3v) is 3.43. The highest BCUT2D eigenvalue weighted by Gasteiger charge is 2.21. The van der Waals surface area contributed by atoms with Gasteiger partial charge in [0.2, 0.25) is 0 Å². The Morgan fingerprint density at radius 1 is 1.22 bits per heavy atom. The molecule has 2 atom stereocenters. The van der Waals surface area contributed by atoms with Crippen LogP contribution in [-0.2, 0) is 17.6 Å². The minimum atomic E-state index is -1.14. The van der Waals surface area contributed by atoms with E-state index in [1.807, 2.05) is 0 Å². The quantitative estimate of drug-likeness (QED) is 0.443. The molecule has 7 N–H and O–H groups in total. The van der Waals surface area contributed by atoms with Crippen molar-refractivity contribution in [3.05, 3.63) is 47.5 Å². The molecule has 122 valence electrons. The van der Waals surface area contributed by atoms with Crippen molar-refractivity contribution < 1.29 is 19.8 Å². The molecule has 0 unspecified atom stereocenters. The first-order valence-corrected chi connectivity index (χ1v) is 6.95. The molecule has 0 saturated heterocycles. The zero-order valence-corrected chi connectivity index (χ0v) is 12.3. The molecule has 0 saturated carbocycles. The number of imidazole rings is 1. The van der Waals surface area contributed by atoms with Gasteiger partial charge >= 0.3 is 5.97 Å². The van der Waals surface area contributed by atoms with Crippen LogP contribution in [-0.4, -0.2) is 44.0 Å². The fourth-order valence-corrected chi connectivity index (χ4v) is 2.17. The Labute approximate surface area is 132 Å². The number of hydrogen-bond acceptors (Lipinski definition) is 6. The summed E-state index contributed by atoms with van der Waals surface area (Å²) < 4.78 is 0. The minimum absolute atomic E-state index is 0.0473. The monoisotopic (exact) mass is 318 g/mol. The van der Waals surface area contributed by atoms with Crippen LogP contribution in [0, 0.1) is 0 Å². The van der Waals surface area contributed by atoms with Crippen LogP contribution in [0.4, 0.5) is 0 Å². The molecule has 1 heterocycles. The number of H-pyrrole nitrogens is 1. The Hall–Kier alpha value is -2.71. The lowest BCUT2D eigenvalue weighted by Gasteiger charge is -2.13. The Kier molecular flexibility index (Phi) is 5.09. The number of phenolic OH excluding ortho intramolecular Hbond substituents is 1. The Bertz CT molecular complexity index is 700. The van der Waals surface area contributed by atoms with Gasteiger partial charge in [-0.2, -0.15) is 0 Å². The lowest BCUT2D eigenvalue weighted by atomic mass is 9.96. The second-order valence-corrected chi connectivity index (χ2v) is 5.25. The van der Waals surface area contributed by atoms with E-state index in [2.05, 4.69) is 9.97 Å². The lowest BCUT2D eigenvalue weighted by molar-refractivity contribution is -0.138. The number of carbonyl (C=O) groups excluding carboxylic acids is 1. The second-order valence-electron chi connectivity index (χ2n) is 5.25. The first-order valence-electron chi connectivity index (χ1n) is 6.95. The molecule has 0 amide bonds. The number of nitrogens with zero attached hydrogens (tertiary/aromatic N) is 1. The van der Waals surface area contributed by atoms with Gasteiger partial charge in [-0.15, -0.1) is 0 Å². The van der Waals surface area contributed by atoms with E-state index in [1.165, 1.54) is 24.5 Å². The summed E-state index contributed by atoms with van der Waals surface area (Å²) in [4.78, 5) is 29.9. The van der Waals surface area contributed by atoms with Crippen molar-refractivity contribution >= 4 is 11.8 Å². The molecular weight excluding hydrogens is 300 g/mol. The van der Waals surface area contributed by atoms with Crippen LogP contribution in [0.3, 0.4) is 0 Å². The summed E-state index contributed by atoms with van der Waals surface area (Å²) >= 11 is 0. The van der Waals surface area contributed by atoms with E-state index in [1.54, 1.807) is 6.20 Å². The molecule has 1 aromatic heterocycles. The molecule has 1 aromatic carbocycles. The van der Waals surface area contributed by atoms with Crippen LogP contribution in [0.5, 0.6) is 5.75 Å². The average molecular weight is 318 g/mol. The minimum Gasteiger partial charge on any atom is -0.507 e. The number of aromatic hydroxyl groups is 1. The maximum atomic E-state index is 12.4. The number of carboxylic acids is 1. The van der Waals surface area contributed by atoms with Gasteiger partial charge in [-0.05, 0) is 24.1 Å². The van der Waals surface area contributed by atoms with Crippen LogP contribution in [0.25, 0.3) is 0 Å². The van der Waals surface area contributed by atoms with Crippen LogP contribution in [0.1, 0.15) is 21.6 Å². The summed E-state index contributed by atoms with van der Waals surface area (Å²) in [5, 5.41) is 18.7. The van der Waals surface area contributed by atoms with Gasteiger partial charge < -0.3 is 26.7 Å². The highest BCUT2D eigenvalue weighted by atomic mass is 16.4. The summed E-state index contributed by atoms with van der Waals surface area (Å²) in [5.74, 6) is -1.78. The molecule has 8 nitrogen and oxygen atoms in total. The summed E-state index contributed by atoms with van der Waals surface area (Å²) in [5.41, 5.74) is 12.7. The molecule has 8 heteroatoms. The average Bonchev–Trinajstić information content (AvgIpc) is 3.01. The SMILES string of the molecule is N[C@@H](Cc1ccc(O)c(C(=O)[C@@H](N)Cc2cnc[nH]2)c1)C(=O)O. The van der Waals surface area contributed by atoms with E-state index in [0.29, 0.717) is 11.3 Å². The van der Waals surface area contributed by atoms with E-state index in [4.69, 9.17) is 16.6 Å². The highest BCUT2D eigenvalue weighted by Crippen LogP contribution is 2.21. The van der Waals surface area contributed by atoms with E-state index in [-0.39, 0.29) is 24.2 Å². The van der Waals surface area contributed by atoms with Gasteiger partial charge in [0, 0.05) is 18.3 Å². The van der Waals surface area contributed by atoms with Crippen molar-refractivity contribution in [2.24, 2.45) is 11.5 Å². The largest absolute Gasteiger partial charge is 0.507 e. The van der Waals surface area contributed by atoms with E-state index in [9.17, 15) is 14.7 Å². The normalized spacial score (nSPS) is 13.5. The molecule has 0 aliphatic rings. The maximum Gasteiger partial charge on any atom is 0.320 e. The van der Waals surface area contributed by atoms with Crippen LogP contribution >= 0.6 is 0 Å². The third-order valence-electron chi connectivity index (χ3n) is 3.43. The van der Waals surface area contributed by atoms with Gasteiger partial charge in [0.05, 0.1) is 17.9 Å². The molecule has 23 heavy (non-hydrogen) atoms.